The van der Waals surface area contributed by atoms with Crippen molar-refractivity contribution in [3.8, 4) is 0 Å². The van der Waals surface area contributed by atoms with Crippen LogP contribution in [0.25, 0.3) is 0 Å². The molecule has 0 aliphatic heterocycles. The van der Waals surface area contributed by atoms with Crippen LogP contribution >= 0.6 is 0 Å². The van der Waals surface area contributed by atoms with E-state index in [-0.39, 0.29) is 5.69 Å². The van der Waals surface area contributed by atoms with Crippen molar-refractivity contribution < 1.29 is 18.7 Å². The SMILES string of the molecule is Nc1cnc(C(=O)O)cc1C(F)F. The molecule has 0 bridgehead atoms. The molecule has 1 aromatic rings. The monoisotopic (exact) mass is 188 g/mol. The van der Waals surface area contributed by atoms with Crippen molar-refractivity contribution in [2.45, 2.75) is 6.43 Å². The normalized spacial score (nSPS) is 10.4. The molecular formula is C7H6F2N2O2. The smallest absolute Gasteiger partial charge is 0.354 e. The lowest BCUT2D eigenvalue weighted by molar-refractivity contribution is 0.0690. The van der Waals surface area contributed by atoms with E-state index in [0.717, 1.165) is 12.3 Å². The van der Waals surface area contributed by atoms with Gasteiger partial charge in [-0.3, -0.25) is 0 Å². The summed E-state index contributed by atoms with van der Waals surface area (Å²) in [6.07, 6.45) is -1.88. The Morgan fingerprint density at radius 1 is 1.62 bits per heavy atom. The molecule has 70 valence electrons. The molecule has 0 fully saturated rings. The number of aromatic nitrogens is 1. The number of hydrogen-bond donors (Lipinski definition) is 2. The van der Waals surface area contributed by atoms with Crippen LogP contribution in [0, 0.1) is 0 Å². The highest BCUT2D eigenvalue weighted by molar-refractivity contribution is 5.86. The number of pyridine rings is 1. The summed E-state index contributed by atoms with van der Waals surface area (Å²) in [5.41, 5.74) is 4.00. The van der Waals surface area contributed by atoms with Crippen molar-refractivity contribution in [3.63, 3.8) is 0 Å². The van der Waals surface area contributed by atoms with E-state index in [0.29, 0.717) is 0 Å². The highest BCUT2D eigenvalue weighted by Crippen LogP contribution is 2.24. The standard InChI is InChI=1S/C7H6F2N2O2/c8-6(9)3-1-5(7(12)13)11-2-4(3)10/h1-2,6H,10H2,(H,12,13). The van der Waals surface area contributed by atoms with Gasteiger partial charge in [0.1, 0.15) is 5.69 Å². The third-order valence-corrected chi connectivity index (χ3v) is 1.42. The lowest BCUT2D eigenvalue weighted by Crippen LogP contribution is -2.04. The molecule has 0 atom stereocenters. The molecule has 0 amide bonds. The van der Waals surface area contributed by atoms with Crippen LogP contribution in [0.15, 0.2) is 12.3 Å². The van der Waals surface area contributed by atoms with Crippen LogP contribution in [-0.4, -0.2) is 16.1 Å². The molecule has 0 unspecified atom stereocenters. The van der Waals surface area contributed by atoms with Crippen LogP contribution < -0.4 is 5.73 Å². The minimum absolute atomic E-state index is 0.208. The minimum Gasteiger partial charge on any atom is -0.477 e. The van der Waals surface area contributed by atoms with Crippen LogP contribution in [0.2, 0.25) is 0 Å². The van der Waals surface area contributed by atoms with E-state index < -0.39 is 23.7 Å². The van der Waals surface area contributed by atoms with Gasteiger partial charge in [-0.25, -0.2) is 18.6 Å². The number of nitrogen functional groups attached to an aromatic ring is 1. The van der Waals surface area contributed by atoms with E-state index >= 15 is 0 Å². The number of carboxylic acids is 1. The van der Waals surface area contributed by atoms with Gasteiger partial charge in [-0.2, -0.15) is 0 Å². The van der Waals surface area contributed by atoms with E-state index in [4.69, 9.17) is 10.8 Å². The molecule has 0 saturated heterocycles. The first-order valence-electron chi connectivity index (χ1n) is 3.29. The van der Waals surface area contributed by atoms with E-state index in [1.807, 2.05) is 0 Å². The molecule has 0 aromatic carbocycles. The Bertz CT molecular complexity index is 341. The zero-order chi connectivity index (χ0) is 10.0. The molecular weight excluding hydrogens is 182 g/mol. The van der Waals surface area contributed by atoms with Crippen LogP contribution in [0.3, 0.4) is 0 Å². The molecule has 0 saturated carbocycles. The minimum atomic E-state index is -2.79. The van der Waals surface area contributed by atoms with Gasteiger partial charge in [0, 0.05) is 5.56 Å². The summed E-state index contributed by atoms with van der Waals surface area (Å²) in [4.78, 5) is 13.7. The maximum Gasteiger partial charge on any atom is 0.354 e. The number of hydrogen-bond acceptors (Lipinski definition) is 3. The van der Waals surface area contributed by atoms with Gasteiger partial charge >= 0.3 is 5.97 Å². The molecule has 0 spiro atoms. The summed E-state index contributed by atoms with van der Waals surface area (Å²) in [5, 5.41) is 8.43. The maximum absolute atomic E-state index is 12.2. The van der Waals surface area contributed by atoms with Gasteiger partial charge in [0.25, 0.3) is 6.43 Å². The quantitative estimate of drug-likeness (QED) is 0.733. The van der Waals surface area contributed by atoms with Crippen molar-refractivity contribution in [1.29, 1.82) is 0 Å². The topological polar surface area (TPSA) is 76.2 Å². The summed E-state index contributed by atoms with van der Waals surface area (Å²) in [6.45, 7) is 0. The fraction of sp³-hybridized carbons (Fsp3) is 0.143. The number of carbonyl (C=O) groups is 1. The van der Waals surface area contributed by atoms with E-state index in [1.54, 1.807) is 0 Å². The third kappa shape index (κ3) is 1.90. The van der Waals surface area contributed by atoms with E-state index in [2.05, 4.69) is 4.98 Å². The Morgan fingerprint density at radius 3 is 2.69 bits per heavy atom. The average molecular weight is 188 g/mol. The average Bonchev–Trinajstić information content (AvgIpc) is 2.04. The Morgan fingerprint density at radius 2 is 2.23 bits per heavy atom. The predicted molar refractivity (Wildman–Crippen MR) is 40.6 cm³/mol. The summed E-state index contributed by atoms with van der Waals surface area (Å²) in [6, 6.07) is 0.766. The second kappa shape index (κ2) is 3.34. The molecule has 1 rings (SSSR count). The van der Waals surface area contributed by atoms with Gasteiger partial charge in [-0.15, -0.1) is 0 Å². The van der Waals surface area contributed by atoms with Gasteiger partial charge in [0.2, 0.25) is 0 Å². The van der Waals surface area contributed by atoms with E-state index in [9.17, 15) is 13.6 Å². The van der Waals surface area contributed by atoms with Crippen LogP contribution in [0.1, 0.15) is 22.5 Å². The largest absolute Gasteiger partial charge is 0.477 e. The second-order valence-corrected chi connectivity index (χ2v) is 2.30. The first kappa shape index (κ1) is 9.37. The molecule has 13 heavy (non-hydrogen) atoms. The van der Waals surface area contributed by atoms with Crippen LogP contribution in [-0.2, 0) is 0 Å². The van der Waals surface area contributed by atoms with Crippen LogP contribution in [0.4, 0.5) is 14.5 Å². The van der Waals surface area contributed by atoms with Crippen molar-refractivity contribution in [2.75, 3.05) is 5.73 Å². The zero-order valence-corrected chi connectivity index (χ0v) is 6.37. The number of halogens is 2. The van der Waals surface area contributed by atoms with Gasteiger partial charge in [-0.05, 0) is 6.07 Å². The number of nitrogens with two attached hydrogens (primary N) is 1. The van der Waals surface area contributed by atoms with Crippen molar-refractivity contribution in [1.82, 2.24) is 4.98 Å². The van der Waals surface area contributed by atoms with Crippen molar-refractivity contribution in [3.05, 3.63) is 23.5 Å². The van der Waals surface area contributed by atoms with E-state index in [1.165, 1.54) is 0 Å². The molecule has 4 nitrogen and oxygen atoms in total. The molecule has 0 aliphatic carbocycles. The lowest BCUT2D eigenvalue weighted by atomic mass is 10.2. The highest BCUT2D eigenvalue weighted by atomic mass is 19.3. The van der Waals surface area contributed by atoms with Crippen molar-refractivity contribution >= 4 is 11.7 Å². The third-order valence-electron chi connectivity index (χ3n) is 1.42. The number of carboxylic acid groups (broad SMARTS) is 1. The molecule has 6 heteroatoms. The summed E-state index contributed by atoms with van der Waals surface area (Å²) in [7, 11) is 0. The fourth-order valence-corrected chi connectivity index (χ4v) is 0.787. The summed E-state index contributed by atoms with van der Waals surface area (Å²) >= 11 is 0. The molecule has 0 radical (unpaired) electrons. The molecule has 0 aliphatic rings. The number of aromatic carboxylic acids is 1. The van der Waals surface area contributed by atoms with Gasteiger partial charge in [-0.1, -0.05) is 0 Å². The Hall–Kier alpha value is -1.72. The number of alkyl halides is 2. The summed E-state index contributed by atoms with van der Waals surface area (Å²) in [5.74, 6) is -1.36. The first-order valence-corrected chi connectivity index (χ1v) is 3.29. The number of nitrogens with zero attached hydrogens (tertiary/aromatic N) is 1. The fourth-order valence-electron chi connectivity index (χ4n) is 0.787. The highest BCUT2D eigenvalue weighted by Gasteiger charge is 2.15. The molecule has 1 aromatic heterocycles. The molecule has 1 heterocycles. The Labute approximate surface area is 72.0 Å². The molecule has 3 N–H and O–H groups in total. The zero-order valence-electron chi connectivity index (χ0n) is 6.37. The number of anilines is 1. The lowest BCUT2D eigenvalue weighted by Gasteiger charge is -2.03. The number of rotatable bonds is 2. The van der Waals surface area contributed by atoms with Gasteiger partial charge < -0.3 is 10.8 Å². The Balaban J connectivity index is 3.19. The van der Waals surface area contributed by atoms with Gasteiger partial charge in [0.05, 0.1) is 11.9 Å². The van der Waals surface area contributed by atoms with Crippen molar-refractivity contribution in [2.24, 2.45) is 0 Å². The first-order chi connectivity index (χ1) is 6.02. The predicted octanol–water partition coefficient (Wildman–Crippen LogP) is 1.30. The maximum atomic E-state index is 12.2. The second-order valence-electron chi connectivity index (χ2n) is 2.30. The Kier molecular flexibility index (Phi) is 2.41. The van der Waals surface area contributed by atoms with Crippen LogP contribution in [0.5, 0.6) is 0 Å². The van der Waals surface area contributed by atoms with Gasteiger partial charge in [0.15, 0.2) is 0 Å². The summed E-state index contributed by atoms with van der Waals surface area (Å²) < 4.78 is 24.3.